The lowest BCUT2D eigenvalue weighted by molar-refractivity contribution is -0.124. The number of rotatable bonds is 2. The number of carbonyl (C=O) groups excluding carboxylic acids is 2. The normalized spacial score (nSPS) is 19.3. The number of fused-ring (bicyclic) bond motifs is 1. The summed E-state index contributed by atoms with van der Waals surface area (Å²) in [4.78, 5) is 26.9. The summed E-state index contributed by atoms with van der Waals surface area (Å²) in [5.74, 6) is -0.511. The summed E-state index contributed by atoms with van der Waals surface area (Å²) in [7, 11) is 1.57. The number of nitrogens with zero attached hydrogens (tertiary/aromatic N) is 3. The summed E-state index contributed by atoms with van der Waals surface area (Å²) in [6.07, 6.45) is -2.03. The Morgan fingerprint density at radius 1 is 1.52 bits per heavy atom. The second kappa shape index (κ2) is 5.88. The van der Waals surface area contributed by atoms with Gasteiger partial charge in [-0.3, -0.25) is 14.3 Å². The van der Waals surface area contributed by atoms with Gasteiger partial charge in [-0.25, -0.2) is 8.78 Å². The van der Waals surface area contributed by atoms with E-state index in [1.807, 2.05) is 0 Å². The van der Waals surface area contributed by atoms with Gasteiger partial charge in [0.1, 0.15) is 16.6 Å². The SMILES string of the molecule is C[C@H]1C(=O)NCCCN1C(=O)c1cc2c(C(F)F)nn(C)c2s1. The third-order valence-electron chi connectivity index (χ3n) is 3.94. The molecule has 1 N–H and O–H groups in total. The topological polar surface area (TPSA) is 67.2 Å². The number of carbonyl (C=O) groups is 2. The molecule has 124 valence electrons. The molecule has 0 aromatic carbocycles. The molecule has 1 aliphatic rings. The number of aromatic nitrogens is 2. The first-order chi connectivity index (χ1) is 10.9. The van der Waals surface area contributed by atoms with Crippen LogP contribution in [0.1, 0.15) is 35.1 Å². The summed E-state index contributed by atoms with van der Waals surface area (Å²) < 4.78 is 27.4. The van der Waals surface area contributed by atoms with Crippen LogP contribution in [0.15, 0.2) is 6.07 Å². The van der Waals surface area contributed by atoms with Crippen LogP contribution >= 0.6 is 11.3 Å². The molecule has 1 atom stereocenters. The van der Waals surface area contributed by atoms with Crippen molar-refractivity contribution in [2.75, 3.05) is 13.1 Å². The van der Waals surface area contributed by atoms with Gasteiger partial charge < -0.3 is 10.2 Å². The van der Waals surface area contributed by atoms with E-state index < -0.39 is 12.5 Å². The Balaban J connectivity index is 1.97. The maximum absolute atomic E-state index is 13.0. The smallest absolute Gasteiger partial charge is 0.282 e. The first-order valence-corrected chi connectivity index (χ1v) is 8.05. The van der Waals surface area contributed by atoms with Crippen LogP contribution in [-0.4, -0.2) is 45.6 Å². The second-order valence-corrected chi connectivity index (χ2v) is 6.49. The molecule has 23 heavy (non-hydrogen) atoms. The minimum atomic E-state index is -2.70. The van der Waals surface area contributed by atoms with E-state index in [1.54, 1.807) is 14.0 Å². The molecule has 0 spiro atoms. The van der Waals surface area contributed by atoms with Crippen molar-refractivity contribution in [1.82, 2.24) is 20.0 Å². The Morgan fingerprint density at radius 2 is 2.26 bits per heavy atom. The average molecular weight is 342 g/mol. The molecular formula is C14H16F2N4O2S. The van der Waals surface area contributed by atoms with Gasteiger partial charge in [-0.1, -0.05) is 0 Å². The zero-order valence-corrected chi connectivity index (χ0v) is 13.5. The monoisotopic (exact) mass is 342 g/mol. The largest absolute Gasteiger partial charge is 0.354 e. The van der Waals surface area contributed by atoms with Crippen LogP contribution in [0, 0.1) is 0 Å². The van der Waals surface area contributed by atoms with Crippen molar-refractivity contribution in [2.45, 2.75) is 25.8 Å². The molecule has 6 nitrogen and oxygen atoms in total. The third kappa shape index (κ3) is 2.69. The molecule has 1 aliphatic heterocycles. The van der Waals surface area contributed by atoms with Gasteiger partial charge in [-0.2, -0.15) is 5.10 Å². The van der Waals surface area contributed by atoms with Crippen LogP contribution in [0.4, 0.5) is 8.78 Å². The maximum Gasteiger partial charge on any atom is 0.282 e. The van der Waals surface area contributed by atoms with E-state index >= 15 is 0 Å². The maximum atomic E-state index is 13.0. The van der Waals surface area contributed by atoms with E-state index in [4.69, 9.17) is 0 Å². The highest BCUT2D eigenvalue weighted by atomic mass is 32.1. The van der Waals surface area contributed by atoms with Crippen LogP contribution < -0.4 is 5.32 Å². The summed E-state index contributed by atoms with van der Waals surface area (Å²) in [5, 5.41) is 6.83. The zero-order valence-electron chi connectivity index (χ0n) is 12.7. The van der Waals surface area contributed by atoms with E-state index in [-0.39, 0.29) is 17.5 Å². The number of thiophene rings is 1. The Labute approximate surface area is 135 Å². The molecule has 3 heterocycles. The Morgan fingerprint density at radius 3 is 2.96 bits per heavy atom. The zero-order chi connectivity index (χ0) is 16.7. The molecule has 2 aromatic rings. The fourth-order valence-electron chi connectivity index (χ4n) is 2.70. The number of aryl methyl sites for hydroxylation is 1. The van der Waals surface area contributed by atoms with Crippen molar-refractivity contribution < 1.29 is 18.4 Å². The van der Waals surface area contributed by atoms with Crippen LogP contribution in [0.25, 0.3) is 10.2 Å². The molecule has 3 rings (SSSR count). The van der Waals surface area contributed by atoms with Crippen molar-refractivity contribution in [3.63, 3.8) is 0 Å². The van der Waals surface area contributed by atoms with E-state index in [0.717, 1.165) is 11.3 Å². The van der Waals surface area contributed by atoms with Gasteiger partial charge in [0.15, 0.2) is 0 Å². The molecule has 2 aromatic heterocycles. The number of hydrogen-bond acceptors (Lipinski definition) is 4. The minimum Gasteiger partial charge on any atom is -0.354 e. The van der Waals surface area contributed by atoms with Gasteiger partial charge in [0.25, 0.3) is 12.3 Å². The summed E-state index contributed by atoms with van der Waals surface area (Å²) in [5.41, 5.74) is -0.320. The molecule has 2 amide bonds. The minimum absolute atomic E-state index is 0.202. The third-order valence-corrected chi connectivity index (χ3v) is 5.13. The summed E-state index contributed by atoms with van der Waals surface area (Å²) in [6.45, 7) is 2.64. The second-order valence-electron chi connectivity index (χ2n) is 5.46. The molecule has 0 unspecified atom stereocenters. The highest BCUT2D eigenvalue weighted by Crippen LogP contribution is 2.33. The lowest BCUT2D eigenvalue weighted by Crippen LogP contribution is -2.45. The summed E-state index contributed by atoms with van der Waals surface area (Å²) >= 11 is 1.12. The van der Waals surface area contributed by atoms with Crippen molar-refractivity contribution in [3.05, 3.63) is 16.6 Å². The quantitative estimate of drug-likeness (QED) is 0.907. The molecular weight excluding hydrogens is 326 g/mol. The predicted molar refractivity (Wildman–Crippen MR) is 81.7 cm³/mol. The first-order valence-electron chi connectivity index (χ1n) is 7.23. The van der Waals surface area contributed by atoms with Crippen LogP contribution in [0.3, 0.4) is 0 Å². The highest BCUT2D eigenvalue weighted by molar-refractivity contribution is 7.20. The van der Waals surface area contributed by atoms with Crippen molar-refractivity contribution in [3.8, 4) is 0 Å². The van der Waals surface area contributed by atoms with Gasteiger partial charge in [0, 0.05) is 25.5 Å². The van der Waals surface area contributed by atoms with Crippen molar-refractivity contribution in [2.24, 2.45) is 7.05 Å². The molecule has 1 saturated heterocycles. The van der Waals surface area contributed by atoms with Crippen LogP contribution in [0.5, 0.6) is 0 Å². The average Bonchev–Trinajstić information content (AvgIpc) is 3.01. The highest BCUT2D eigenvalue weighted by Gasteiger charge is 2.30. The standard InChI is InChI=1S/C14H16F2N4O2S/c1-7-12(21)17-4-3-5-20(7)13(22)9-6-8-10(11(15)16)18-19(2)14(8)23-9/h6-7,11H,3-5H2,1-2H3,(H,17,21)/t7-/m0/s1. The van der Waals surface area contributed by atoms with Gasteiger partial charge in [0.05, 0.1) is 4.88 Å². The molecule has 1 fully saturated rings. The van der Waals surface area contributed by atoms with E-state index in [0.29, 0.717) is 34.6 Å². The molecule has 0 radical (unpaired) electrons. The van der Waals surface area contributed by atoms with Gasteiger partial charge in [-0.15, -0.1) is 11.3 Å². The van der Waals surface area contributed by atoms with Crippen LogP contribution in [0.2, 0.25) is 0 Å². The number of alkyl halides is 2. The van der Waals surface area contributed by atoms with Crippen molar-refractivity contribution >= 4 is 33.4 Å². The predicted octanol–water partition coefficient (Wildman–Crippen LogP) is 1.92. The number of nitrogens with one attached hydrogen (secondary N) is 1. The Kier molecular flexibility index (Phi) is 4.05. The molecule has 0 aliphatic carbocycles. The Hall–Kier alpha value is -2.03. The number of halogens is 2. The van der Waals surface area contributed by atoms with E-state index in [2.05, 4.69) is 10.4 Å². The lowest BCUT2D eigenvalue weighted by atomic mass is 10.2. The lowest BCUT2D eigenvalue weighted by Gasteiger charge is -2.24. The number of amides is 2. The molecule has 0 bridgehead atoms. The van der Waals surface area contributed by atoms with Crippen molar-refractivity contribution in [1.29, 1.82) is 0 Å². The van der Waals surface area contributed by atoms with E-state index in [9.17, 15) is 18.4 Å². The fourth-order valence-corrected chi connectivity index (χ4v) is 3.73. The molecule has 0 saturated carbocycles. The van der Waals surface area contributed by atoms with Gasteiger partial charge in [-0.05, 0) is 19.4 Å². The fraction of sp³-hybridized carbons (Fsp3) is 0.500. The molecule has 9 heteroatoms. The van der Waals surface area contributed by atoms with Crippen LogP contribution in [-0.2, 0) is 11.8 Å². The van der Waals surface area contributed by atoms with Gasteiger partial charge in [0.2, 0.25) is 5.91 Å². The summed E-state index contributed by atoms with van der Waals surface area (Å²) in [6, 6.07) is 0.870. The first kappa shape index (κ1) is 15.9. The van der Waals surface area contributed by atoms with Gasteiger partial charge >= 0.3 is 0 Å². The Bertz CT molecular complexity index is 770. The van der Waals surface area contributed by atoms with E-state index in [1.165, 1.54) is 15.6 Å². The number of hydrogen-bond donors (Lipinski definition) is 1.